The third-order valence-electron chi connectivity index (χ3n) is 0. The van der Waals surface area contributed by atoms with Crippen LogP contribution in [0.2, 0.25) is 0 Å². The summed E-state index contributed by atoms with van der Waals surface area (Å²) >= 11 is 0. The zero-order valence-electron chi connectivity index (χ0n) is 8.36. The number of carboxylic acids is 3. The van der Waals surface area contributed by atoms with Gasteiger partial charge in [0.05, 0.1) is 0 Å². The smallest absolute Gasteiger partial charge is 0.550 e. The van der Waals surface area contributed by atoms with Gasteiger partial charge in [-0.2, -0.15) is 0 Å². The molecular weight excluding hydrogens is 239 g/mol. The van der Waals surface area contributed by atoms with Crippen molar-refractivity contribution < 1.29 is 81.1 Å². The first-order valence-electron chi connectivity index (χ1n) is 2.72. The van der Waals surface area contributed by atoms with E-state index in [1.165, 1.54) is 0 Å². The molecule has 0 spiro atoms. The Bertz CT molecular complexity index is 120. The fourth-order valence-corrected chi connectivity index (χ4v) is 0. The van der Waals surface area contributed by atoms with Gasteiger partial charge >= 0.3 is 64.9 Å². The van der Waals surface area contributed by atoms with Gasteiger partial charge in [-0.05, 0) is 20.8 Å². The van der Waals surface area contributed by atoms with Crippen molar-refractivity contribution in [2.75, 3.05) is 0 Å². The van der Waals surface area contributed by atoms with E-state index < -0.39 is 17.9 Å². The summed E-state index contributed by atoms with van der Waals surface area (Å²) < 4.78 is 0. The second-order valence-corrected chi connectivity index (χ2v) is 1.47. The van der Waals surface area contributed by atoms with Crippen molar-refractivity contribution >= 4 is 31.4 Å². The van der Waals surface area contributed by atoms with E-state index in [0.717, 1.165) is 20.8 Å². The summed E-state index contributed by atoms with van der Waals surface area (Å²) in [6.45, 7) is 2.92. The maximum atomic E-state index is 8.89. The Labute approximate surface area is 132 Å². The average Bonchev–Trinajstić information content (AvgIpc) is 1.54. The second kappa shape index (κ2) is 23.3. The van der Waals surface area contributed by atoms with Crippen LogP contribution in [0.1, 0.15) is 20.8 Å². The molecule has 0 fully saturated rings. The minimum Gasteiger partial charge on any atom is -0.550 e. The van der Waals surface area contributed by atoms with Gasteiger partial charge in [0.25, 0.3) is 0 Å². The Morgan fingerprint density at radius 2 is 0.714 bits per heavy atom. The van der Waals surface area contributed by atoms with E-state index in [9.17, 15) is 0 Å². The molecule has 6 nitrogen and oxygen atoms in total. The molecular formula is C6H9KO6S. The Morgan fingerprint density at radius 3 is 0.714 bits per heavy atom. The number of rotatable bonds is 0. The number of carboxylic acid groups (broad SMARTS) is 3. The van der Waals surface area contributed by atoms with E-state index in [0.29, 0.717) is 0 Å². The van der Waals surface area contributed by atoms with Crippen LogP contribution in [-0.4, -0.2) is 17.9 Å². The Hall–Kier alpha value is 0.396. The summed E-state index contributed by atoms with van der Waals surface area (Å²) in [6, 6.07) is 0. The van der Waals surface area contributed by atoms with Gasteiger partial charge in [-0.1, -0.05) is 0 Å². The molecule has 0 rings (SSSR count). The Morgan fingerprint density at radius 1 is 0.714 bits per heavy atom. The van der Waals surface area contributed by atoms with Crippen LogP contribution in [0.4, 0.5) is 0 Å². The number of hydrogen-bond acceptors (Lipinski definition) is 6. The van der Waals surface area contributed by atoms with Crippen molar-refractivity contribution in [2.45, 2.75) is 20.8 Å². The van der Waals surface area contributed by atoms with Gasteiger partial charge in [-0.15, -0.1) is 0 Å². The molecule has 0 unspecified atom stereocenters. The normalized spacial score (nSPS) is 5.36. The van der Waals surface area contributed by atoms with E-state index >= 15 is 0 Å². The molecule has 76 valence electrons. The fourth-order valence-electron chi connectivity index (χ4n) is 0. The molecule has 0 saturated heterocycles. The molecule has 0 saturated carbocycles. The topological polar surface area (TPSA) is 120 Å². The largest absolute Gasteiger partial charge is 2.00 e. The maximum absolute atomic E-state index is 8.89. The molecule has 0 N–H and O–H groups in total. The van der Waals surface area contributed by atoms with E-state index in [2.05, 4.69) is 0 Å². The van der Waals surface area contributed by atoms with Gasteiger partial charge in [0.1, 0.15) is 0 Å². The van der Waals surface area contributed by atoms with Gasteiger partial charge < -0.3 is 29.7 Å². The standard InChI is InChI=1S/3C2H4O2.K.S/c3*1-2(3)4;;/h3*1H3,(H,3,4);;/q;;;+1;+2/p-3. The van der Waals surface area contributed by atoms with Crippen molar-refractivity contribution in [3.63, 3.8) is 0 Å². The molecule has 0 aromatic heterocycles. The minimum absolute atomic E-state index is 0. The number of aliphatic carboxylic acids is 3. The molecule has 0 aliphatic heterocycles. The van der Waals surface area contributed by atoms with Gasteiger partial charge in [-0.3, -0.25) is 0 Å². The quantitative estimate of drug-likeness (QED) is 0.393. The summed E-state index contributed by atoms with van der Waals surface area (Å²) in [5, 5.41) is 26.7. The van der Waals surface area contributed by atoms with Crippen LogP contribution < -0.4 is 66.7 Å². The zero-order valence-corrected chi connectivity index (χ0v) is 12.3. The average molecular weight is 248 g/mol. The predicted octanol–water partition coefficient (Wildman–Crippen LogP) is -6.73. The first-order chi connectivity index (χ1) is 5.20. The Kier molecular flexibility index (Phi) is 48.7. The molecule has 8 heteroatoms. The van der Waals surface area contributed by atoms with Gasteiger partial charge in [-0.25, -0.2) is 0 Å². The summed E-state index contributed by atoms with van der Waals surface area (Å²) in [7, 11) is 0. The molecule has 14 heavy (non-hydrogen) atoms. The first-order valence-corrected chi connectivity index (χ1v) is 2.72. The molecule has 4 radical (unpaired) electrons. The number of carbonyl (C=O) groups excluding carboxylic acids is 3. The van der Waals surface area contributed by atoms with E-state index in [4.69, 9.17) is 29.7 Å². The van der Waals surface area contributed by atoms with Crippen LogP contribution in [0.3, 0.4) is 0 Å². The van der Waals surface area contributed by atoms with Crippen LogP contribution in [0.5, 0.6) is 0 Å². The summed E-state index contributed by atoms with van der Waals surface area (Å²) in [5.41, 5.74) is 0. The van der Waals surface area contributed by atoms with E-state index in [1.807, 2.05) is 0 Å². The van der Waals surface area contributed by atoms with E-state index in [-0.39, 0.29) is 64.9 Å². The maximum Gasteiger partial charge on any atom is 2.00 e. The molecule has 0 bridgehead atoms. The van der Waals surface area contributed by atoms with Crippen LogP contribution in [0.25, 0.3) is 0 Å². The molecule has 0 aliphatic rings. The number of hydrogen-bond donors (Lipinski definition) is 0. The van der Waals surface area contributed by atoms with Gasteiger partial charge in [0.15, 0.2) is 0 Å². The van der Waals surface area contributed by atoms with Gasteiger partial charge in [0.2, 0.25) is 0 Å². The van der Waals surface area contributed by atoms with Crippen molar-refractivity contribution in [3.8, 4) is 0 Å². The third kappa shape index (κ3) is 10200. The molecule has 0 aliphatic carbocycles. The number of carbonyl (C=O) groups is 3. The molecule has 0 aromatic rings. The minimum atomic E-state index is -1.08. The summed E-state index contributed by atoms with van der Waals surface area (Å²) in [5.74, 6) is -3.25. The van der Waals surface area contributed by atoms with Crippen LogP contribution in [-0.2, 0) is 27.9 Å². The monoisotopic (exact) mass is 248 g/mol. The fraction of sp³-hybridized carbons (Fsp3) is 0.500. The first kappa shape index (κ1) is 29.3. The predicted molar refractivity (Wildman–Crippen MR) is 39.4 cm³/mol. The van der Waals surface area contributed by atoms with Crippen molar-refractivity contribution in [1.82, 2.24) is 0 Å². The van der Waals surface area contributed by atoms with E-state index in [1.54, 1.807) is 0 Å². The molecule has 0 aromatic carbocycles. The SMILES string of the molecule is CC(=O)[O-].CC(=O)[O-].CC(=O)[O-].[K+].[S+2]. The van der Waals surface area contributed by atoms with Crippen LogP contribution >= 0.6 is 0 Å². The van der Waals surface area contributed by atoms with Crippen molar-refractivity contribution in [3.05, 3.63) is 0 Å². The summed E-state index contributed by atoms with van der Waals surface area (Å²) in [6.07, 6.45) is 0. The van der Waals surface area contributed by atoms with Gasteiger partial charge in [0, 0.05) is 17.9 Å². The molecule has 0 amide bonds. The van der Waals surface area contributed by atoms with Crippen molar-refractivity contribution in [1.29, 1.82) is 0 Å². The summed E-state index contributed by atoms with van der Waals surface area (Å²) in [4.78, 5) is 26.7. The molecule has 0 atom stereocenters. The van der Waals surface area contributed by atoms with Crippen LogP contribution in [0, 0.1) is 0 Å². The zero-order chi connectivity index (χ0) is 10.7. The van der Waals surface area contributed by atoms with Crippen molar-refractivity contribution in [2.24, 2.45) is 0 Å². The van der Waals surface area contributed by atoms with Crippen LogP contribution in [0.15, 0.2) is 0 Å². The molecule has 0 heterocycles. The second-order valence-electron chi connectivity index (χ2n) is 1.47. The Balaban J connectivity index is -0.0000000270. The third-order valence-corrected chi connectivity index (χ3v) is 0.